The second-order valence-electron chi connectivity index (χ2n) is 4.96. The fraction of sp³-hybridized carbons (Fsp3) is 0.643. The van der Waals surface area contributed by atoms with Crippen molar-refractivity contribution in [2.24, 2.45) is 11.8 Å². The van der Waals surface area contributed by atoms with Crippen LogP contribution in [-0.4, -0.2) is 11.5 Å². The molecule has 1 fully saturated rings. The molecule has 0 aliphatic heterocycles. The summed E-state index contributed by atoms with van der Waals surface area (Å²) < 4.78 is 0. The van der Waals surface area contributed by atoms with Crippen LogP contribution in [0.2, 0.25) is 0 Å². The van der Waals surface area contributed by atoms with E-state index in [0.717, 1.165) is 24.1 Å². The molecule has 1 heterocycles. The Bertz CT molecular complexity index is 327. The lowest BCUT2D eigenvalue weighted by Crippen LogP contribution is -2.28. The first-order chi connectivity index (χ1) is 7.72. The van der Waals surface area contributed by atoms with E-state index < -0.39 is 0 Å². The van der Waals surface area contributed by atoms with E-state index in [9.17, 15) is 0 Å². The van der Waals surface area contributed by atoms with Crippen molar-refractivity contribution < 1.29 is 0 Å². The second-order valence-corrected chi connectivity index (χ2v) is 4.96. The van der Waals surface area contributed by atoms with E-state index in [2.05, 4.69) is 36.3 Å². The van der Waals surface area contributed by atoms with Crippen LogP contribution in [0.1, 0.15) is 44.0 Å². The van der Waals surface area contributed by atoms with E-state index >= 15 is 0 Å². The fourth-order valence-corrected chi connectivity index (χ4v) is 2.38. The zero-order chi connectivity index (χ0) is 11.5. The predicted molar refractivity (Wildman–Crippen MR) is 67.3 cm³/mol. The highest BCUT2D eigenvalue weighted by Crippen LogP contribution is 2.42. The van der Waals surface area contributed by atoms with Crippen molar-refractivity contribution in [2.45, 2.75) is 39.7 Å². The molecule has 0 saturated heterocycles. The molecular formula is C14H22N2. The molecule has 0 bridgehead atoms. The number of nitrogens with one attached hydrogen (secondary N) is 1. The monoisotopic (exact) mass is 218 g/mol. The number of nitrogens with zero attached hydrogens (tertiary/aromatic N) is 1. The SMILES string of the molecule is CCNC(c1ccc(C)nc1)C(C)C1CC1. The Morgan fingerprint density at radius 2 is 2.19 bits per heavy atom. The van der Waals surface area contributed by atoms with E-state index in [1.807, 2.05) is 13.1 Å². The Hall–Kier alpha value is -0.890. The van der Waals surface area contributed by atoms with Gasteiger partial charge in [-0.3, -0.25) is 4.98 Å². The first-order valence-corrected chi connectivity index (χ1v) is 6.38. The number of hydrogen-bond acceptors (Lipinski definition) is 2. The molecular weight excluding hydrogens is 196 g/mol. The topological polar surface area (TPSA) is 24.9 Å². The smallest absolute Gasteiger partial charge is 0.0372 e. The zero-order valence-corrected chi connectivity index (χ0v) is 10.5. The minimum absolute atomic E-state index is 0.477. The summed E-state index contributed by atoms with van der Waals surface area (Å²) in [6.07, 6.45) is 4.84. The summed E-state index contributed by atoms with van der Waals surface area (Å²) in [5.41, 5.74) is 2.44. The molecule has 2 heteroatoms. The van der Waals surface area contributed by atoms with Crippen molar-refractivity contribution in [3.63, 3.8) is 0 Å². The summed E-state index contributed by atoms with van der Waals surface area (Å²) in [6.45, 7) is 7.60. The normalized spacial score (nSPS) is 19.4. The third-order valence-corrected chi connectivity index (χ3v) is 3.61. The van der Waals surface area contributed by atoms with Crippen molar-refractivity contribution in [3.8, 4) is 0 Å². The number of aryl methyl sites for hydroxylation is 1. The van der Waals surface area contributed by atoms with Gasteiger partial charge in [-0.2, -0.15) is 0 Å². The molecule has 1 aliphatic carbocycles. The Labute approximate surface area is 98.5 Å². The van der Waals surface area contributed by atoms with Gasteiger partial charge in [-0.15, -0.1) is 0 Å². The largest absolute Gasteiger partial charge is 0.310 e. The molecule has 0 aromatic carbocycles. The van der Waals surface area contributed by atoms with Gasteiger partial charge in [0.2, 0.25) is 0 Å². The maximum atomic E-state index is 4.40. The van der Waals surface area contributed by atoms with Gasteiger partial charge >= 0.3 is 0 Å². The highest BCUT2D eigenvalue weighted by molar-refractivity contribution is 5.18. The van der Waals surface area contributed by atoms with Crippen LogP contribution in [0.4, 0.5) is 0 Å². The molecule has 1 aromatic heterocycles. The minimum atomic E-state index is 0.477. The van der Waals surface area contributed by atoms with Crippen LogP contribution in [0, 0.1) is 18.8 Å². The van der Waals surface area contributed by atoms with Gasteiger partial charge in [0.1, 0.15) is 0 Å². The molecule has 16 heavy (non-hydrogen) atoms. The van der Waals surface area contributed by atoms with Crippen molar-refractivity contribution in [1.29, 1.82) is 0 Å². The fourth-order valence-electron chi connectivity index (χ4n) is 2.38. The summed E-state index contributed by atoms with van der Waals surface area (Å²) >= 11 is 0. The molecule has 1 aliphatic rings. The molecule has 1 aromatic rings. The number of pyridine rings is 1. The van der Waals surface area contributed by atoms with E-state index in [1.165, 1.54) is 18.4 Å². The molecule has 88 valence electrons. The molecule has 0 amide bonds. The lowest BCUT2D eigenvalue weighted by molar-refractivity contribution is 0.354. The van der Waals surface area contributed by atoms with E-state index in [1.54, 1.807) is 0 Å². The van der Waals surface area contributed by atoms with Gasteiger partial charge in [-0.05, 0) is 49.8 Å². The summed E-state index contributed by atoms with van der Waals surface area (Å²) in [7, 11) is 0. The molecule has 0 radical (unpaired) electrons. The van der Waals surface area contributed by atoms with Crippen molar-refractivity contribution >= 4 is 0 Å². The summed E-state index contributed by atoms with van der Waals surface area (Å²) in [6, 6.07) is 4.80. The third-order valence-electron chi connectivity index (χ3n) is 3.61. The maximum Gasteiger partial charge on any atom is 0.0372 e. The van der Waals surface area contributed by atoms with Crippen molar-refractivity contribution in [2.75, 3.05) is 6.54 Å². The lowest BCUT2D eigenvalue weighted by atomic mass is 9.91. The molecule has 2 atom stereocenters. The molecule has 2 nitrogen and oxygen atoms in total. The first-order valence-electron chi connectivity index (χ1n) is 6.38. The highest BCUT2D eigenvalue weighted by atomic mass is 14.9. The van der Waals surface area contributed by atoms with Gasteiger partial charge in [0.25, 0.3) is 0 Å². The van der Waals surface area contributed by atoms with Crippen LogP contribution >= 0.6 is 0 Å². The van der Waals surface area contributed by atoms with Crippen molar-refractivity contribution in [1.82, 2.24) is 10.3 Å². The number of hydrogen-bond donors (Lipinski definition) is 1. The van der Waals surface area contributed by atoms with Crippen molar-refractivity contribution in [3.05, 3.63) is 29.6 Å². The van der Waals surface area contributed by atoms with Gasteiger partial charge in [-0.25, -0.2) is 0 Å². The molecule has 2 unspecified atom stereocenters. The summed E-state index contributed by atoms with van der Waals surface area (Å²) in [5, 5.41) is 3.60. The van der Waals surface area contributed by atoms with Crippen LogP contribution < -0.4 is 5.32 Å². The predicted octanol–water partition coefficient (Wildman–Crippen LogP) is 3.09. The Morgan fingerprint density at radius 3 is 2.69 bits per heavy atom. The Kier molecular flexibility index (Phi) is 3.59. The highest BCUT2D eigenvalue weighted by Gasteiger charge is 2.33. The van der Waals surface area contributed by atoms with Crippen LogP contribution in [0.3, 0.4) is 0 Å². The lowest BCUT2D eigenvalue weighted by Gasteiger charge is -2.25. The molecule has 1 saturated carbocycles. The first kappa shape index (κ1) is 11.6. The van der Waals surface area contributed by atoms with Crippen LogP contribution in [0.5, 0.6) is 0 Å². The Balaban J connectivity index is 2.13. The Morgan fingerprint density at radius 1 is 1.44 bits per heavy atom. The van der Waals surface area contributed by atoms with E-state index in [0.29, 0.717) is 6.04 Å². The average molecular weight is 218 g/mol. The van der Waals surface area contributed by atoms with E-state index in [-0.39, 0.29) is 0 Å². The molecule has 0 spiro atoms. The minimum Gasteiger partial charge on any atom is -0.310 e. The van der Waals surface area contributed by atoms with Gasteiger partial charge < -0.3 is 5.32 Å². The summed E-state index contributed by atoms with van der Waals surface area (Å²) in [5.74, 6) is 1.65. The quantitative estimate of drug-likeness (QED) is 0.821. The third kappa shape index (κ3) is 2.62. The van der Waals surface area contributed by atoms with E-state index in [4.69, 9.17) is 0 Å². The van der Waals surface area contributed by atoms with Crippen LogP contribution in [0.25, 0.3) is 0 Å². The van der Waals surface area contributed by atoms with Gasteiger partial charge in [0.05, 0.1) is 0 Å². The maximum absolute atomic E-state index is 4.40. The molecule has 1 N–H and O–H groups in total. The van der Waals surface area contributed by atoms with Gasteiger partial charge in [0.15, 0.2) is 0 Å². The van der Waals surface area contributed by atoms with Crippen LogP contribution in [-0.2, 0) is 0 Å². The zero-order valence-electron chi connectivity index (χ0n) is 10.5. The number of rotatable bonds is 5. The molecule has 2 rings (SSSR count). The second kappa shape index (κ2) is 4.96. The summed E-state index contributed by atoms with van der Waals surface area (Å²) in [4.78, 5) is 4.40. The van der Waals surface area contributed by atoms with Gasteiger partial charge in [0, 0.05) is 17.9 Å². The average Bonchev–Trinajstić information content (AvgIpc) is 3.10. The standard InChI is InChI=1S/C14H22N2/c1-4-15-14(11(3)12-7-8-12)13-6-5-10(2)16-9-13/h5-6,9,11-12,14-15H,4,7-8H2,1-3H3. The van der Waals surface area contributed by atoms with Gasteiger partial charge in [-0.1, -0.05) is 19.9 Å². The van der Waals surface area contributed by atoms with Crippen LogP contribution in [0.15, 0.2) is 18.3 Å². The number of aromatic nitrogens is 1.